The maximum atomic E-state index is 13.3. The minimum absolute atomic E-state index is 0.0533. The Bertz CT molecular complexity index is 1250. The molecule has 150 valence electrons. The summed E-state index contributed by atoms with van der Waals surface area (Å²) >= 11 is 0. The standard InChI is InChI=1S/C22H20O7/c1-22(2)11-7-10-19(25)17-12(23)5-9(26-3)6-14(17)28-20(10)18-13(24)8-15(27-4)21(29-22)16(11)18/h5-6,8,11,23-24H,7H2,1-4H3/t11-/m0/s1. The Morgan fingerprint density at radius 2 is 1.86 bits per heavy atom. The van der Waals surface area contributed by atoms with E-state index >= 15 is 0 Å². The molecule has 29 heavy (non-hydrogen) atoms. The van der Waals surface area contributed by atoms with Gasteiger partial charge in [0.1, 0.15) is 39.6 Å². The molecule has 0 saturated heterocycles. The number of aromatic hydroxyl groups is 2. The molecule has 0 unspecified atom stereocenters. The number of phenolic OH excluding ortho intramolecular Hbond substituents is 2. The first kappa shape index (κ1) is 17.7. The van der Waals surface area contributed by atoms with Crippen molar-refractivity contribution in [1.29, 1.82) is 0 Å². The first-order valence-electron chi connectivity index (χ1n) is 9.26. The lowest BCUT2D eigenvalue weighted by molar-refractivity contribution is 0.106. The van der Waals surface area contributed by atoms with Gasteiger partial charge in [0, 0.05) is 35.2 Å². The fourth-order valence-corrected chi connectivity index (χ4v) is 4.52. The number of rotatable bonds is 2. The average Bonchev–Trinajstić information content (AvgIpc) is 2.94. The zero-order valence-electron chi connectivity index (χ0n) is 16.5. The van der Waals surface area contributed by atoms with Crippen LogP contribution in [-0.2, 0) is 6.42 Å². The van der Waals surface area contributed by atoms with Crippen LogP contribution in [0.1, 0.15) is 30.9 Å². The zero-order chi connectivity index (χ0) is 20.7. The van der Waals surface area contributed by atoms with E-state index in [1.165, 1.54) is 26.4 Å². The average molecular weight is 396 g/mol. The molecule has 2 heterocycles. The van der Waals surface area contributed by atoms with E-state index in [4.69, 9.17) is 18.6 Å². The smallest absolute Gasteiger partial charge is 0.200 e. The van der Waals surface area contributed by atoms with Crippen LogP contribution < -0.4 is 19.6 Å². The summed E-state index contributed by atoms with van der Waals surface area (Å²) in [5.74, 6) is 1.19. The second kappa shape index (κ2) is 5.59. The topological polar surface area (TPSA) is 98.4 Å². The maximum Gasteiger partial charge on any atom is 0.200 e. The van der Waals surface area contributed by atoms with Crippen molar-refractivity contribution in [3.63, 3.8) is 0 Å². The van der Waals surface area contributed by atoms with Crippen molar-refractivity contribution in [2.24, 2.45) is 0 Å². The lowest BCUT2D eigenvalue weighted by Gasteiger charge is -2.30. The third-order valence-corrected chi connectivity index (χ3v) is 5.95. The van der Waals surface area contributed by atoms with Crippen LogP contribution in [0.25, 0.3) is 22.3 Å². The van der Waals surface area contributed by atoms with Gasteiger partial charge in [0.2, 0.25) is 0 Å². The highest BCUT2D eigenvalue weighted by molar-refractivity contribution is 5.90. The van der Waals surface area contributed by atoms with Crippen LogP contribution in [0.3, 0.4) is 0 Å². The van der Waals surface area contributed by atoms with Crippen molar-refractivity contribution in [1.82, 2.24) is 0 Å². The number of phenols is 2. The molecule has 0 saturated carbocycles. The molecule has 7 nitrogen and oxygen atoms in total. The summed E-state index contributed by atoms with van der Waals surface area (Å²) < 4.78 is 22.8. The largest absolute Gasteiger partial charge is 0.507 e. The molecule has 0 radical (unpaired) electrons. The predicted molar refractivity (Wildman–Crippen MR) is 106 cm³/mol. The molecule has 0 spiro atoms. The molecule has 2 aliphatic rings. The quantitative estimate of drug-likeness (QED) is 0.681. The van der Waals surface area contributed by atoms with E-state index in [9.17, 15) is 15.0 Å². The van der Waals surface area contributed by atoms with E-state index in [2.05, 4.69) is 0 Å². The van der Waals surface area contributed by atoms with E-state index in [1.807, 2.05) is 13.8 Å². The van der Waals surface area contributed by atoms with Gasteiger partial charge in [0.25, 0.3) is 0 Å². The number of fused-ring (bicyclic) bond motifs is 3. The molecular formula is C22H20O7. The second-order valence-corrected chi connectivity index (χ2v) is 7.94. The SMILES string of the molecule is COc1cc(O)c2c(=O)c3c(oc2c1)-c1c(O)cc(OC)c2c1[C@H](C3)C(C)(C)O2. The molecule has 2 N–H and O–H groups in total. The molecule has 1 aliphatic carbocycles. The Balaban J connectivity index is 1.91. The van der Waals surface area contributed by atoms with Gasteiger partial charge in [-0.25, -0.2) is 0 Å². The molecule has 0 amide bonds. The highest BCUT2D eigenvalue weighted by Gasteiger charge is 2.49. The van der Waals surface area contributed by atoms with E-state index in [0.717, 1.165) is 5.56 Å². The first-order chi connectivity index (χ1) is 13.8. The van der Waals surface area contributed by atoms with Crippen molar-refractivity contribution < 1.29 is 28.8 Å². The van der Waals surface area contributed by atoms with Crippen LogP contribution >= 0.6 is 0 Å². The minimum atomic E-state index is -0.612. The molecular weight excluding hydrogens is 376 g/mol. The maximum absolute atomic E-state index is 13.3. The third kappa shape index (κ3) is 2.21. The summed E-state index contributed by atoms with van der Waals surface area (Å²) in [6, 6.07) is 4.39. The summed E-state index contributed by atoms with van der Waals surface area (Å²) in [5, 5.41) is 21.3. The highest BCUT2D eigenvalue weighted by Crippen LogP contribution is 2.59. The lowest BCUT2D eigenvalue weighted by Crippen LogP contribution is -2.34. The van der Waals surface area contributed by atoms with Gasteiger partial charge in [-0.15, -0.1) is 0 Å². The number of methoxy groups -OCH3 is 2. The van der Waals surface area contributed by atoms with Gasteiger partial charge in [0.05, 0.1) is 19.8 Å². The van der Waals surface area contributed by atoms with Crippen molar-refractivity contribution >= 4 is 11.0 Å². The fraction of sp³-hybridized carbons (Fsp3) is 0.318. The van der Waals surface area contributed by atoms with E-state index < -0.39 is 5.60 Å². The van der Waals surface area contributed by atoms with Gasteiger partial charge in [-0.2, -0.15) is 0 Å². The van der Waals surface area contributed by atoms with Crippen molar-refractivity contribution in [3.8, 4) is 40.1 Å². The Hall–Kier alpha value is -3.35. The highest BCUT2D eigenvalue weighted by atomic mass is 16.5. The Kier molecular flexibility index (Phi) is 3.42. The zero-order valence-corrected chi connectivity index (χ0v) is 16.5. The van der Waals surface area contributed by atoms with Gasteiger partial charge >= 0.3 is 0 Å². The van der Waals surface area contributed by atoms with Crippen LogP contribution in [0.2, 0.25) is 0 Å². The molecule has 2 aromatic carbocycles. The fourth-order valence-electron chi connectivity index (χ4n) is 4.52. The summed E-state index contributed by atoms with van der Waals surface area (Å²) in [6.07, 6.45) is 0.360. The molecule has 3 aromatic rings. The van der Waals surface area contributed by atoms with E-state index in [0.29, 0.717) is 34.8 Å². The first-order valence-corrected chi connectivity index (χ1v) is 9.26. The van der Waals surface area contributed by atoms with E-state index in [1.54, 1.807) is 6.07 Å². The van der Waals surface area contributed by atoms with Crippen molar-refractivity contribution in [2.45, 2.75) is 31.8 Å². The van der Waals surface area contributed by atoms with Crippen LogP contribution in [0.15, 0.2) is 27.4 Å². The van der Waals surface area contributed by atoms with Gasteiger partial charge in [-0.05, 0) is 20.3 Å². The number of hydrogen-bond acceptors (Lipinski definition) is 7. The monoisotopic (exact) mass is 396 g/mol. The number of ether oxygens (including phenoxy) is 3. The van der Waals surface area contributed by atoms with Gasteiger partial charge in [0.15, 0.2) is 16.9 Å². The van der Waals surface area contributed by atoms with Crippen LogP contribution in [-0.4, -0.2) is 30.0 Å². The van der Waals surface area contributed by atoms with Crippen molar-refractivity contribution in [3.05, 3.63) is 39.5 Å². The Morgan fingerprint density at radius 3 is 2.55 bits per heavy atom. The molecule has 5 rings (SSSR count). The molecule has 1 aromatic heterocycles. The molecule has 7 heteroatoms. The summed E-state index contributed by atoms with van der Waals surface area (Å²) in [4.78, 5) is 13.3. The summed E-state index contributed by atoms with van der Waals surface area (Å²) in [6.45, 7) is 3.88. The Morgan fingerprint density at radius 1 is 1.10 bits per heavy atom. The molecule has 0 fully saturated rings. The van der Waals surface area contributed by atoms with Gasteiger partial charge in [-0.1, -0.05) is 0 Å². The van der Waals surface area contributed by atoms with Gasteiger partial charge < -0.3 is 28.8 Å². The molecule has 0 bridgehead atoms. The lowest BCUT2D eigenvalue weighted by atomic mass is 9.75. The normalized spacial score (nSPS) is 18.1. The Labute approximate surface area is 166 Å². The van der Waals surface area contributed by atoms with Crippen LogP contribution in [0, 0.1) is 0 Å². The van der Waals surface area contributed by atoms with Gasteiger partial charge in [-0.3, -0.25) is 4.79 Å². The second-order valence-electron chi connectivity index (χ2n) is 7.94. The molecule has 1 atom stereocenters. The van der Waals surface area contributed by atoms with Crippen molar-refractivity contribution in [2.75, 3.05) is 14.2 Å². The van der Waals surface area contributed by atoms with Crippen LogP contribution in [0.5, 0.6) is 28.7 Å². The summed E-state index contributed by atoms with van der Waals surface area (Å²) in [5.41, 5.74) is 0.852. The summed E-state index contributed by atoms with van der Waals surface area (Å²) in [7, 11) is 2.98. The van der Waals surface area contributed by atoms with E-state index in [-0.39, 0.29) is 39.6 Å². The minimum Gasteiger partial charge on any atom is -0.507 e. The number of benzene rings is 2. The third-order valence-electron chi connectivity index (χ3n) is 5.95. The molecule has 1 aliphatic heterocycles. The predicted octanol–water partition coefficient (Wildman–Crippen LogP) is 3.70. The van der Waals surface area contributed by atoms with Crippen LogP contribution in [0.4, 0.5) is 0 Å². The number of hydrogen-bond donors (Lipinski definition) is 2.